The Balaban J connectivity index is 0.000000144. The van der Waals surface area contributed by atoms with Gasteiger partial charge in [-0.05, 0) is 70.7 Å². The molecule has 1 aromatic heterocycles. The van der Waals surface area contributed by atoms with Gasteiger partial charge in [-0.25, -0.2) is 4.98 Å². The van der Waals surface area contributed by atoms with E-state index in [1.807, 2.05) is 12.1 Å². The van der Waals surface area contributed by atoms with Crippen LogP contribution in [0.2, 0.25) is 0 Å². The van der Waals surface area contributed by atoms with Crippen molar-refractivity contribution in [1.29, 1.82) is 0 Å². The van der Waals surface area contributed by atoms with Crippen LogP contribution < -0.4 is 0 Å². The molecule has 0 atom stereocenters. The number of aromatic hydroxyl groups is 2. The maximum atomic E-state index is 9.80. The predicted octanol–water partition coefficient (Wildman–Crippen LogP) is 7.95. The number of phenols is 2. The van der Waals surface area contributed by atoms with E-state index >= 15 is 0 Å². The largest absolute Gasteiger partial charge is 0.504 e. The van der Waals surface area contributed by atoms with Gasteiger partial charge in [0.15, 0.2) is 11.5 Å². The maximum Gasteiger partial charge on any atom is 0.165 e. The van der Waals surface area contributed by atoms with E-state index in [0.717, 1.165) is 16.6 Å². The van der Waals surface area contributed by atoms with Gasteiger partial charge >= 0.3 is 0 Å². The van der Waals surface area contributed by atoms with Crippen LogP contribution in [0.1, 0.15) is 30.4 Å². The lowest BCUT2D eigenvalue weighted by Gasteiger charge is -2.25. The summed E-state index contributed by atoms with van der Waals surface area (Å²) in [5.74, 6) is -0.205. The lowest BCUT2D eigenvalue weighted by Crippen LogP contribution is -2.06. The zero-order valence-corrected chi connectivity index (χ0v) is 20.6. The van der Waals surface area contributed by atoms with Gasteiger partial charge < -0.3 is 15.2 Å². The summed E-state index contributed by atoms with van der Waals surface area (Å²) in [5, 5.41) is 23.6. The molecule has 0 unspecified atom stereocenters. The Morgan fingerprint density at radius 2 is 1.61 bits per heavy atom. The van der Waals surface area contributed by atoms with E-state index in [-0.39, 0.29) is 23.9 Å². The number of halogens is 1. The summed E-state index contributed by atoms with van der Waals surface area (Å²) < 4.78 is 0. The second-order valence-electron chi connectivity index (χ2n) is 9.07. The molecule has 0 saturated heterocycles. The molecular formula is C31H27ClN2O2. The summed E-state index contributed by atoms with van der Waals surface area (Å²) in [4.78, 5) is 7.00. The number of benzene rings is 4. The highest BCUT2D eigenvalue weighted by Gasteiger charge is 2.20. The van der Waals surface area contributed by atoms with E-state index < -0.39 is 0 Å². The number of rotatable bonds is 1. The van der Waals surface area contributed by atoms with Crippen LogP contribution in [-0.2, 0) is 6.42 Å². The van der Waals surface area contributed by atoms with Crippen LogP contribution in [-0.4, -0.2) is 20.2 Å². The predicted molar refractivity (Wildman–Crippen MR) is 150 cm³/mol. The van der Waals surface area contributed by atoms with Crippen molar-refractivity contribution < 1.29 is 10.2 Å². The second-order valence-corrected chi connectivity index (χ2v) is 9.07. The number of nitrogens with zero attached hydrogens (tertiary/aromatic N) is 1. The summed E-state index contributed by atoms with van der Waals surface area (Å²) in [6, 6.07) is 22.2. The molecule has 0 saturated carbocycles. The molecule has 0 fully saturated rings. The quantitative estimate of drug-likeness (QED) is 0.207. The van der Waals surface area contributed by atoms with Crippen LogP contribution in [0, 0.1) is 0 Å². The highest BCUT2D eigenvalue weighted by molar-refractivity contribution is 6.00. The van der Waals surface area contributed by atoms with Crippen molar-refractivity contribution >= 4 is 39.5 Å². The summed E-state index contributed by atoms with van der Waals surface area (Å²) in [5.41, 5.74) is 8.02. The molecule has 2 aliphatic rings. The normalized spacial score (nSPS) is 14.0. The number of imidazole rings is 1. The van der Waals surface area contributed by atoms with Gasteiger partial charge in [-0.2, -0.15) is 0 Å². The molecule has 36 heavy (non-hydrogen) atoms. The number of aromatic amines is 1. The molecule has 5 heteroatoms. The summed E-state index contributed by atoms with van der Waals surface area (Å²) in [6.45, 7) is 0. The lowest BCUT2D eigenvalue weighted by atomic mass is 9.80. The average Bonchev–Trinajstić information content (AvgIpc) is 3.45. The fraction of sp³-hybridized carbons (Fsp3) is 0.129. The van der Waals surface area contributed by atoms with E-state index in [0.29, 0.717) is 5.39 Å². The topological polar surface area (TPSA) is 69.1 Å². The minimum atomic E-state index is -0.112. The van der Waals surface area contributed by atoms with Gasteiger partial charge in [0.25, 0.3) is 0 Å². The molecule has 0 radical (unpaired) electrons. The van der Waals surface area contributed by atoms with Crippen LogP contribution in [0.5, 0.6) is 11.5 Å². The van der Waals surface area contributed by atoms with Crippen LogP contribution in [0.3, 0.4) is 0 Å². The number of fused-ring (bicyclic) bond motifs is 5. The Labute approximate surface area is 216 Å². The zero-order valence-electron chi connectivity index (χ0n) is 19.7. The number of hydrogen-bond acceptors (Lipinski definition) is 3. The standard InChI is InChI=1S/C18H16.C13H10N2O2.ClH/c1-3-7-15-13(5-1)9-11-18-16-8-4-2-6-14(16)10-12-17(15)18;16-12-5-4-8-9(11-6-14-7-15-11)2-1-3-10(8)13(12)17;/h1,3-5,7-9,11H,2,6,10,12H2;1-7,16-17H,(H,14,15);1H. The Hall–Kier alpha value is -4.02. The fourth-order valence-corrected chi connectivity index (χ4v) is 5.35. The number of aromatic nitrogens is 2. The van der Waals surface area contributed by atoms with Gasteiger partial charge in [0.1, 0.15) is 0 Å². The van der Waals surface area contributed by atoms with Crippen molar-refractivity contribution in [3.8, 4) is 22.8 Å². The fourth-order valence-electron chi connectivity index (χ4n) is 5.35. The Morgan fingerprint density at radius 1 is 0.750 bits per heavy atom. The molecule has 5 aromatic rings. The van der Waals surface area contributed by atoms with Crippen molar-refractivity contribution in [3.63, 3.8) is 0 Å². The first-order chi connectivity index (χ1) is 17.2. The van der Waals surface area contributed by atoms with Crippen molar-refractivity contribution in [3.05, 3.63) is 108 Å². The van der Waals surface area contributed by atoms with E-state index in [2.05, 4.69) is 58.5 Å². The molecule has 4 aromatic carbocycles. The van der Waals surface area contributed by atoms with Gasteiger partial charge in [0.05, 0.1) is 18.2 Å². The Kier molecular flexibility index (Phi) is 6.53. The minimum Gasteiger partial charge on any atom is -0.504 e. The number of nitrogens with one attached hydrogen (secondary N) is 1. The Bertz CT molecular complexity index is 1620. The van der Waals surface area contributed by atoms with Crippen molar-refractivity contribution in [2.45, 2.75) is 25.7 Å². The highest BCUT2D eigenvalue weighted by Crippen LogP contribution is 2.40. The maximum absolute atomic E-state index is 9.80. The number of hydrogen-bond donors (Lipinski definition) is 3. The van der Waals surface area contributed by atoms with Crippen molar-refractivity contribution in [2.75, 3.05) is 0 Å². The van der Waals surface area contributed by atoms with Gasteiger partial charge in [-0.15, -0.1) is 12.4 Å². The number of H-pyrrole nitrogens is 1. The third-order valence-electron chi connectivity index (χ3n) is 7.09. The van der Waals surface area contributed by atoms with Crippen molar-refractivity contribution in [1.82, 2.24) is 9.97 Å². The first-order valence-electron chi connectivity index (χ1n) is 12.0. The zero-order chi connectivity index (χ0) is 23.8. The third kappa shape index (κ3) is 4.14. The van der Waals surface area contributed by atoms with Gasteiger partial charge in [0.2, 0.25) is 0 Å². The number of allylic oxidation sites excluding steroid dienone is 4. The van der Waals surface area contributed by atoms with Crippen LogP contribution >= 0.6 is 12.4 Å². The highest BCUT2D eigenvalue weighted by atomic mass is 35.5. The molecule has 7 rings (SSSR count). The van der Waals surface area contributed by atoms with Gasteiger partial charge in [-0.1, -0.05) is 72.3 Å². The molecule has 0 spiro atoms. The summed E-state index contributed by atoms with van der Waals surface area (Å²) in [6.07, 6.45) is 12.9. The first-order valence-corrected chi connectivity index (χ1v) is 12.0. The van der Waals surface area contributed by atoms with E-state index in [9.17, 15) is 10.2 Å². The molecule has 0 bridgehead atoms. The van der Waals surface area contributed by atoms with Crippen molar-refractivity contribution in [2.24, 2.45) is 0 Å². The lowest BCUT2D eigenvalue weighted by molar-refractivity contribution is 0.408. The number of phenolic OH excluding ortho intramolecular Hbond substituents is 2. The SMILES string of the molecule is C1=CC2=C(CC1)CCc1c2ccc2ccccc12.Cl.Oc1ccc2c(-c3cnc[nH]3)cccc2c1O. The summed E-state index contributed by atoms with van der Waals surface area (Å²) >= 11 is 0. The Morgan fingerprint density at radius 3 is 2.47 bits per heavy atom. The molecule has 3 N–H and O–H groups in total. The monoisotopic (exact) mass is 494 g/mol. The molecule has 0 amide bonds. The average molecular weight is 495 g/mol. The molecule has 2 aliphatic carbocycles. The number of aryl methyl sites for hydroxylation is 1. The molecule has 180 valence electrons. The van der Waals surface area contributed by atoms with E-state index in [1.54, 1.807) is 35.8 Å². The summed E-state index contributed by atoms with van der Waals surface area (Å²) in [7, 11) is 0. The van der Waals surface area contributed by atoms with E-state index in [4.69, 9.17) is 0 Å². The van der Waals surface area contributed by atoms with Gasteiger partial charge in [0, 0.05) is 10.9 Å². The van der Waals surface area contributed by atoms with E-state index in [1.165, 1.54) is 53.7 Å². The van der Waals surface area contributed by atoms with Gasteiger partial charge in [-0.3, -0.25) is 0 Å². The molecule has 4 nitrogen and oxygen atoms in total. The third-order valence-corrected chi connectivity index (χ3v) is 7.09. The van der Waals surface area contributed by atoms with Crippen LogP contribution in [0.4, 0.5) is 0 Å². The molecule has 1 heterocycles. The molecule has 0 aliphatic heterocycles. The first kappa shape index (κ1) is 23.7. The van der Waals surface area contributed by atoms with Crippen LogP contribution in [0.15, 0.2) is 97.0 Å². The molecular weight excluding hydrogens is 468 g/mol. The van der Waals surface area contributed by atoms with Crippen LogP contribution in [0.25, 0.3) is 38.4 Å². The second kappa shape index (κ2) is 9.92. The smallest absolute Gasteiger partial charge is 0.165 e. The minimum absolute atomic E-state index is 0.